The minimum Gasteiger partial charge on any atom is -0.469 e. The fraction of sp³-hybridized carbons (Fsp3) is 0.750. The molecule has 1 rings (SSSR count). The fourth-order valence-electron chi connectivity index (χ4n) is 1.42. The molecular weight excluding hydrogens is 188 g/mol. The zero-order chi connectivity index (χ0) is 10.6. The highest BCUT2D eigenvalue weighted by Gasteiger charge is 2.24. The normalized spacial score (nSPS) is 21.8. The number of amides is 1. The zero-order valence-electron chi connectivity index (χ0n) is 8.02. The Bertz CT molecular complexity index is 231. The first kappa shape index (κ1) is 10.8. The lowest BCUT2D eigenvalue weighted by Crippen LogP contribution is -2.52. The summed E-state index contributed by atoms with van der Waals surface area (Å²) in [6.07, 6.45) is -0.735. The molecule has 0 aliphatic carbocycles. The molecule has 2 N–H and O–H groups in total. The number of ether oxygens (including phenoxy) is 1. The first-order chi connectivity index (χ1) is 6.63. The van der Waals surface area contributed by atoms with Crippen molar-refractivity contribution >= 4 is 12.1 Å². The molecule has 6 heteroatoms. The van der Waals surface area contributed by atoms with Crippen LogP contribution in [0.5, 0.6) is 0 Å². The van der Waals surface area contributed by atoms with Crippen LogP contribution in [0.15, 0.2) is 0 Å². The number of piperazine rings is 1. The van der Waals surface area contributed by atoms with Crippen LogP contribution in [0, 0.1) is 0 Å². The third-order valence-corrected chi connectivity index (χ3v) is 2.17. The maximum absolute atomic E-state index is 10.9. The van der Waals surface area contributed by atoms with Gasteiger partial charge in [0.2, 0.25) is 0 Å². The van der Waals surface area contributed by atoms with Gasteiger partial charge in [-0.15, -0.1) is 0 Å². The first-order valence-corrected chi connectivity index (χ1v) is 4.41. The monoisotopic (exact) mass is 202 g/mol. The lowest BCUT2D eigenvalue weighted by molar-refractivity contribution is -0.141. The predicted octanol–water partition coefficient (Wildman–Crippen LogP) is -0.499. The fourth-order valence-corrected chi connectivity index (χ4v) is 1.42. The van der Waals surface area contributed by atoms with Crippen molar-refractivity contribution in [2.75, 3.05) is 26.7 Å². The number of carbonyl (C=O) groups excluding carboxylic acids is 1. The molecule has 80 valence electrons. The number of hydrogen-bond acceptors (Lipinski definition) is 4. The quantitative estimate of drug-likeness (QED) is 0.590. The maximum atomic E-state index is 10.9. The van der Waals surface area contributed by atoms with Gasteiger partial charge in [-0.25, -0.2) is 4.79 Å². The van der Waals surface area contributed by atoms with Gasteiger partial charge in [0.15, 0.2) is 0 Å². The van der Waals surface area contributed by atoms with Crippen molar-refractivity contribution in [3.8, 4) is 0 Å². The molecule has 1 heterocycles. The van der Waals surface area contributed by atoms with Gasteiger partial charge in [0.25, 0.3) is 0 Å². The summed E-state index contributed by atoms with van der Waals surface area (Å²) in [6, 6.07) is -0.132. The molecule has 1 aliphatic heterocycles. The number of hydrogen-bond donors (Lipinski definition) is 2. The summed E-state index contributed by atoms with van der Waals surface area (Å²) in [5, 5.41) is 11.8. The molecule has 0 radical (unpaired) electrons. The van der Waals surface area contributed by atoms with E-state index in [2.05, 4.69) is 10.1 Å². The second kappa shape index (κ2) is 4.80. The van der Waals surface area contributed by atoms with Crippen molar-refractivity contribution in [2.24, 2.45) is 0 Å². The highest BCUT2D eigenvalue weighted by atomic mass is 16.5. The largest absolute Gasteiger partial charge is 0.469 e. The Balaban J connectivity index is 2.40. The zero-order valence-corrected chi connectivity index (χ0v) is 8.02. The van der Waals surface area contributed by atoms with Gasteiger partial charge in [-0.3, -0.25) is 4.79 Å². The minimum atomic E-state index is -0.943. The number of nitrogens with zero attached hydrogens (tertiary/aromatic N) is 1. The van der Waals surface area contributed by atoms with Crippen molar-refractivity contribution in [3.63, 3.8) is 0 Å². The molecule has 1 fully saturated rings. The molecule has 0 saturated carbocycles. The van der Waals surface area contributed by atoms with Crippen LogP contribution < -0.4 is 5.32 Å². The Labute approximate surface area is 81.8 Å². The number of carbonyl (C=O) groups is 2. The van der Waals surface area contributed by atoms with Crippen molar-refractivity contribution < 1.29 is 19.4 Å². The van der Waals surface area contributed by atoms with Gasteiger partial charge < -0.3 is 20.1 Å². The SMILES string of the molecule is COC(=O)CC1CN(C(=O)O)CCN1. The van der Waals surface area contributed by atoms with Gasteiger partial charge in [0, 0.05) is 25.7 Å². The lowest BCUT2D eigenvalue weighted by Gasteiger charge is -2.31. The van der Waals surface area contributed by atoms with Crippen LogP contribution >= 0.6 is 0 Å². The van der Waals surface area contributed by atoms with Crippen molar-refractivity contribution in [1.82, 2.24) is 10.2 Å². The Kier molecular flexibility index (Phi) is 3.70. The molecule has 1 atom stereocenters. The third-order valence-electron chi connectivity index (χ3n) is 2.17. The van der Waals surface area contributed by atoms with E-state index in [9.17, 15) is 9.59 Å². The van der Waals surface area contributed by atoms with Gasteiger partial charge >= 0.3 is 12.1 Å². The first-order valence-electron chi connectivity index (χ1n) is 4.41. The highest BCUT2D eigenvalue weighted by Crippen LogP contribution is 2.03. The van der Waals surface area contributed by atoms with E-state index in [1.807, 2.05) is 0 Å². The standard InChI is InChI=1S/C8H14N2O4/c1-14-7(11)4-6-5-10(8(12)13)3-2-9-6/h6,9H,2-5H2,1H3,(H,12,13). The van der Waals surface area contributed by atoms with Crippen molar-refractivity contribution in [1.29, 1.82) is 0 Å². The topological polar surface area (TPSA) is 78.9 Å². The number of carboxylic acid groups (broad SMARTS) is 1. The molecule has 1 unspecified atom stereocenters. The maximum Gasteiger partial charge on any atom is 0.407 e. The predicted molar refractivity (Wildman–Crippen MR) is 48.0 cm³/mol. The summed E-state index contributed by atoms with van der Waals surface area (Å²) in [7, 11) is 1.32. The van der Waals surface area contributed by atoms with Gasteiger partial charge in [-0.2, -0.15) is 0 Å². The molecule has 0 aromatic heterocycles. The van der Waals surface area contributed by atoms with Crippen LogP contribution in [0.3, 0.4) is 0 Å². The lowest BCUT2D eigenvalue weighted by atomic mass is 10.1. The molecule has 1 saturated heterocycles. The molecule has 14 heavy (non-hydrogen) atoms. The van der Waals surface area contributed by atoms with Crippen LogP contribution in [0.4, 0.5) is 4.79 Å². The molecule has 6 nitrogen and oxygen atoms in total. The average molecular weight is 202 g/mol. The molecule has 0 aromatic carbocycles. The number of esters is 1. The van der Waals surface area contributed by atoms with E-state index in [-0.39, 0.29) is 18.4 Å². The Morgan fingerprint density at radius 1 is 1.64 bits per heavy atom. The number of nitrogens with one attached hydrogen (secondary N) is 1. The van der Waals surface area contributed by atoms with Crippen molar-refractivity contribution in [3.05, 3.63) is 0 Å². The van der Waals surface area contributed by atoms with Crippen molar-refractivity contribution in [2.45, 2.75) is 12.5 Å². The molecule has 1 aliphatic rings. The van der Waals surface area contributed by atoms with Crippen LogP contribution in [-0.4, -0.2) is 54.9 Å². The Hall–Kier alpha value is -1.30. The van der Waals surface area contributed by atoms with Crippen LogP contribution in [0.2, 0.25) is 0 Å². The van der Waals surface area contributed by atoms with E-state index in [0.717, 1.165) is 0 Å². The van der Waals surface area contributed by atoms with Gasteiger partial charge in [0.05, 0.1) is 13.5 Å². The van der Waals surface area contributed by atoms with Crippen LogP contribution in [-0.2, 0) is 9.53 Å². The second-order valence-electron chi connectivity index (χ2n) is 3.16. The van der Waals surface area contributed by atoms with Gasteiger partial charge in [0.1, 0.15) is 0 Å². The molecule has 0 aromatic rings. The Morgan fingerprint density at radius 2 is 2.36 bits per heavy atom. The highest BCUT2D eigenvalue weighted by molar-refractivity contribution is 5.70. The van der Waals surface area contributed by atoms with E-state index in [0.29, 0.717) is 19.6 Å². The van der Waals surface area contributed by atoms with Crippen LogP contribution in [0.25, 0.3) is 0 Å². The van der Waals surface area contributed by atoms with E-state index in [4.69, 9.17) is 5.11 Å². The molecular formula is C8H14N2O4. The summed E-state index contributed by atoms with van der Waals surface area (Å²) >= 11 is 0. The van der Waals surface area contributed by atoms with E-state index in [1.165, 1.54) is 12.0 Å². The van der Waals surface area contributed by atoms with Gasteiger partial charge in [-0.05, 0) is 0 Å². The van der Waals surface area contributed by atoms with E-state index >= 15 is 0 Å². The molecule has 0 bridgehead atoms. The summed E-state index contributed by atoms with van der Waals surface area (Å²) in [6.45, 7) is 1.38. The summed E-state index contributed by atoms with van der Waals surface area (Å²) in [5.74, 6) is -0.324. The summed E-state index contributed by atoms with van der Waals surface area (Å²) in [5.41, 5.74) is 0. The summed E-state index contributed by atoms with van der Waals surface area (Å²) in [4.78, 5) is 22.9. The Morgan fingerprint density at radius 3 is 2.93 bits per heavy atom. The minimum absolute atomic E-state index is 0.132. The number of rotatable bonds is 2. The average Bonchev–Trinajstić information content (AvgIpc) is 2.18. The summed E-state index contributed by atoms with van der Waals surface area (Å²) < 4.78 is 4.50. The van der Waals surface area contributed by atoms with Gasteiger partial charge in [-0.1, -0.05) is 0 Å². The second-order valence-corrected chi connectivity index (χ2v) is 3.16. The molecule has 1 amide bonds. The van der Waals surface area contributed by atoms with E-state index < -0.39 is 6.09 Å². The molecule has 0 spiro atoms. The van der Waals surface area contributed by atoms with E-state index in [1.54, 1.807) is 0 Å². The smallest absolute Gasteiger partial charge is 0.407 e. The third kappa shape index (κ3) is 2.88. The van der Waals surface area contributed by atoms with Crippen LogP contribution in [0.1, 0.15) is 6.42 Å². The number of methoxy groups -OCH3 is 1.